The van der Waals surface area contributed by atoms with Crippen LogP contribution in [0.15, 0.2) is 42.5 Å². The minimum atomic E-state index is 0.590. The summed E-state index contributed by atoms with van der Waals surface area (Å²) in [7, 11) is 3.26. The van der Waals surface area contributed by atoms with Gasteiger partial charge in [-0.3, -0.25) is 0 Å². The van der Waals surface area contributed by atoms with E-state index < -0.39 is 0 Å². The Morgan fingerprint density at radius 2 is 1.81 bits per heavy atom. The van der Waals surface area contributed by atoms with Crippen LogP contribution in [0.5, 0.6) is 11.5 Å². The molecule has 4 heteroatoms. The summed E-state index contributed by atoms with van der Waals surface area (Å²) in [6.07, 6.45) is 0.896. The largest absolute Gasteiger partial charge is 0.497 e. The number of rotatable bonds is 6. The molecule has 0 saturated carbocycles. The Kier molecular flexibility index (Phi) is 5.05. The smallest absolute Gasteiger partial charge is 0.143 e. The number of hydrogen-bond acceptors (Lipinski definition) is 4. The number of nitriles is 1. The Bertz CT molecular complexity index is 630. The van der Waals surface area contributed by atoms with Gasteiger partial charge in [-0.1, -0.05) is 12.1 Å². The van der Waals surface area contributed by atoms with Crippen molar-refractivity contribution < 1.29 is 9.47 Å². The fourth-order valence-electron chi connectivity index (χ4n) is 2.04. The van der Waals surface area contributed by atoms with Gasteiger partial charge in [0.15, 0.2) is 0 Å². The average molecular weight is 282 g/mol. The molecule has 21 heavy (non-hydrogen) atoms. The van der Waals surface area contributed by atoms with Crippen molar-refractivity contribution in [2.24, 2.45) is 0 Å². The van der Waals surface area contributed by atoms with Gasteiger partial charge in [-0.2, -0.15) is 5.26 Å². The second kappa shape index (κ2) is 7.20. The first kappa shape index (κ1) is 14.7. The van der Waals surface area contributed by atoms with Gasteiger partial charge in [-0.05, 0) is 36.2 Å². The van der Waals surface area contributed by atoms with Crippen LogP contribution in [0.1, 0.15) is 11.1 Å². The summed E-state index contributed by atoms with van der Waals surface area (Å²) in [5.74, 6) is 1.55. The second-order valence-corrected chi connectivity index (χ2v) is 4.55. The molecule has 0 aliphatic heterocycles. The van der Waals surface area contributed by atoms with Crippen LogP contribution >= 0.6 is 0 Å². The van der Waals surface area contributed by atoms with Crippen LogP contribution in [-0.4, -0.2) is 20.8 Å². The van der Waals surface area contributed by atoms with Crippen LogP contribution in [0.4, 0.5) is 5.69 Å². The summed E-state index contributed by atoms with van der Waals surface area (Å²) < 4.78 is 10.4. The van der Waals surface area contributed by atoms with E-state index in [1.54, 1.807) is 26.4 Å². The second-order valence-electron chi connectivity index (χ2n) is 4.55. The van der Waals surface area contributed by atoms with E-state index in [1.807, 2.05) is 18.2 Å². The number of benzene rings is 2. The highest BCUT2D eigenvalue weighted by molar-refractivity contribution is 5.59. The molecular formula is C17H18N2O2. The number of nitrogens with zero attached hydrogens (tertiary/aromatic N) is 1. The van der Waals surface area contributed by atoms with Crippen molar-refractivity contribution in [1.29, 1.82) is 5.26 Å². The van der Waals surface area contributed by atoms with Crippen LogP contribution in [-0.2, 0) is 6.42 Å². The lowest BCUT2D eigenvalue weighted by Gasteiger charge is -2.11. The Labute approximate surface area is 124 Å². The first-order valence-corrected chi connectivity index (χ1v) is 6.71. The maximum absolute atomic E-state index is 8.88. The molecule has 0 saturated heterocycles. The van der Waals surface area contributed by atoms with E-state index >= 15 is 0 Å². The summed E-state index contributed by atoms with van der Waals surface area (Å²) in [5, 5.41) is 12.2. The van der Waals surface area contributed by atoms with E-state index in [9.17, 15) is 0 Å². The zero-order chi connectivity index (χ0) is 15.1. The lowest BCUT2D eigenvalue weighted by atomic mass is 10.1. The van der Waals surface area contributed by atoms with Crippen molar-refractivity contribution in [1.82, 2.24) is 0 Å². The first-order chi connectivity index (χ1) is 10.3. The molecule has 0 atom stereocenters. The van der Waals surface area contributed by atoms with Crippen LogP contribution in [0.3, 0.4) is 0 Å². The Balaban J connectivity index is 1.95. The Hall–Kier alpha value is -2.67. The summed E-state index contributed by atoms with van der Waals surface area (Å²) in [4.78, 5) is 0. The molecule has 4 nitrogen and oxygen atoms in total. The normalized spacial score (nSPS) is 9.76. The summed E-state index contributed by atoms with van der Waals surface area (Å²) in [6, 6.07) is 15.5. The zero-order valence-electron chi connectivity index (χ0n) is 12.2. The minimum absolute atomic E-state index is 0.590. The fraction of sp³-hybridized carbons (Fsp3) is 0.235. The van der Waals surface area contributed by atoms with Gasteiger partial charge in [0.2, 0.25) is 0 Å². The molecule has 2 rings (SSSR count). The highest BCUT2D eigenvalue weighted by atomic mass is 16.5. The lowest BCUT2D eigenvalue weighted by molar-refractivity contribution is 0.414. The van der Waals surface area contributed by atoms with Gasteiger partial charge in [0.1, 0.15) is 11.5 Å². The standard InChI is InChI=1S/C17H18N2O2/c1-20-15-6-3-13(4-7-15)9-10-19-16-8-5-14(12-18)11-17(16)21-2/h3-8,11,19H,9-10H2,1-2H3. The van der Waals surface area contributed by atoms with E-state index in [0.717, 1.165) is 24.4 Å². The van der Waals surface area contributed by atoms with Gasteiger partial charge in [-0.25, -0.2) is 0 Å². The van der Waals surface area contributed by atoms with Crippen LogP contribution in [0, 0.1) is 11.3 Å². The molecule has 2 aromatic carbocycles. The SMILES string of the molecule is COc1ccc(CCNc2ccc(C#N)cc2OC)cc1. The predicted octanol–water partition coefficient (Wildman–Crippen LogP) is 3.23. The summed E-state index contributed by atoms with van der Waals surface area (Å²) in [5.41, 5.74) is 2.72. The molecular weight excluding hydrogens is 264 g/mol. The summed E-state index contributed by atoms with van der Waals surface area (Å²) in [6.45, 7) is 0.786. The average Bonchev–Trinajstić information content (AvgIpc) is 2.55. The third-order valence-corrected chi connectivity index (χ3v) is 3.22. The minimum Gasteiger partial charge on any atom is -0.497 e. The van der Waals surface area contributed by atoms with E-state index in [4.69, 9.17) is 14.7 Å². The van der Waals surface area contributed by atoms with Crippen molar-refractivity contribution in [3.63, 3.8) is 0 Å². The maximum Gasteiger partial charge on any atom is 0.143 e. The molecule has 0 bridgehead atoms. The van der Waals surface area contributed by atoms with Gasteiger partial charge < -0.3 is 14.8 Å². The lowest BCUT2D eigenvalue weighted by Crippen LogP contribution is -2.06. The van der Waals surface area contributed by atoms with Crippen molar-refractivity contribution in [3.8, 4) is 17.6 Å². The van der Waals surface area contributed by atoms with E-state index in [2.05, 4.69) is 23.5 Å². The molecule has 0 aromatic heterocycles. The molecule has 0 radical (unpaired) electrons. The molecule has 0 spiro atoms. The maximum atomic E-state index is 8.88. The van der Waals surface area contributed by atoms with Crippen molar-refractivity contribution in [2.45, 2.75) is 6.42 Å². The molecule has 0 amide bonds. The predicted molar refractivity (Wildman–Crippen MR) is 82.9 cm³/mol. The van der Waals surface area contributed by atoms with Crippen molar-refractivity contribution in [3.05, 3.63) is 53.6 Å². The monoisotopic (exact) mass is 282 g/mol. The van der Waals surface area contributed by atoms with Crippen molar-refractivity contribution in [2.75, 3.05) is 26.1 Å². The van der Waals surface area contributed by atoms with Crippen LogP contribution < -0.4 is 14.8 Å². The Morgan fingerprint density at radius 1 is 1.05 bits per heavy atom. The van der Waals surface area contributed by atoms with E-state index in [-0.39, 0.29) is 0 Å². The van der Waals surface area contributed by atoms with Gasteiger partial charge >= 0.3 is 0 Å². The molecule has 0 aliphatic carbocycles. The zero-order valence-corrected chi connectivity index (χ0v) is 12.2. The third kappa shape index (κ3) is 3.90. The van der Waals surface area contributed by atoms with Crippen LogP contribution in [0.25, 0.3) is 0 Å². The molecule has 108 valence electrons. The molecule has 0 unspecified atom stereocenters. The molecule has 2 aromatic rings. The highest BCUT2D eigenvalue weighted by Gasteiger charge is 2.04. The molecule has 1 N–H and O–H groups in total. The number of nitrogens with one attached hydrogen (secondary N) is 1. The van der Waals surface area contributed by atoms with Gasteiger partial charge in [0, 0.05) is 12.6 Å². The Morgan fingerprint density at radius 3 is 2.43 bits per heavy atom. The third-order valence-electron chi connectivity index (χ3n) is 3.22. The van der Waals surface area contributed by atoms with E-state index in [1.165, 1.54) is 5.56 Å². The quantitative estimate of drug-likeness (QED) is 0.883. The molecule has 0 aliphatic rings. The number of hydrogen-bond donors (Lipinski definition) is 1. The van der Waals surface area contributed by atoms with Gasteiger partial charge in [-0.15, -0.1) is 0 Å². The molecule has 0 heterocycles. The number of methoxy groups -OCH3 is 2. The number of ether oxygens (including phenoxy) is 2. The highest BCUT2D eigenvalue weighted by Crippen LogP contribution is 2.25. The molecule has 0 fully saturated rings. The van der Waals surface area contributed by atoms with Gasteiger partial charge in [0.05, 0.1) is 31.5 Å². The topological polar surface area (TPSA) is 54.3 Å². The van der Waals surface area contributed by atoms with Gasteiger partial charge in [0.25, 0.3) is 0 Å². The van der Waals surface area contributed by atoms with Crippen molar-refractivity contribution >= 4 is 5.69 Å². The number of anilines is 1. The van der Waals surface area contributed by atoms with E-state index in [0.29, 0.717) is 11.3 Å². The van der Waals surface area contributed by atoms with Crippen LogP contribution in [0.2, 0.25) is 0 Å². The fourth-order valence-corrected chi connectivity index (χ4v) is 2.04. The summed E-state index contributed by atoms with van der Waals surface area (Å²) >= 11 is 0. The first-order valence-electron chi connectivity index (χ1n) is 6.71.